The first-order chi connectivity index (χ1) is 10.6. The Bertz CT molecular complexity index is 673. The Morgan fingerprint density at radius 1 is 1.55 bits per heavy atom. The normalized spacial score (nSPS) is 10.7. The summed E-state index contributed by atoms with van der Waals surface area (Å²) in [6, 6.07) is 1.90. The number of carbonyl (C=O) groups excluding carboxylic acids is 1. The van der Waals surface area contributed by atoms with Gasteiger partial charge in [0.05, 0.1) is 28.6 Å². The second-order valence-corrected chi connectivity index (χ2v) is 5.99. The third-order valence-corrected chi connectivity index (χ3v) is 4.19. The summed E-state index contributed by atoms with van der Waals surface area (Å²) in [5, 5.41) is 5.84. The van der Waals surface area contributed by atoms with Crippen LogP contribution in [0.1, 0.15) is 21.1 Å². The summed E-state index contributed by atoms with van der Waals surface area (Å²) < 4.78 is 7.26. The summed E-state index contributed by atoms with van der Waals surface area (Å²) in [6.45, 7) is 9.25. The molecule has 0 aromatic carbocycles. The number of thiazole rings is 1. The molecule has 0 atom stereocenters. The number of hydrogen-bond acceptors (Lipinski definition) is 4. The van der Waals surface area contributed by atoms with Crippen LogP contribution in [-0.2, 0) is 11.3 Å². The fraction of sp³-hybridized carbons (Fsp3) is 0.375. The topological polar surface area (TPSA) is 56.2 Å². The molecular formula is C16H21N3O2S. The van der Waals surface area contributed by atoms with Crippen LogP contribution in [0, 0.1) is 13.8 Å². The summed E-state index contributed by atoms with van der Waals surface area (Å²) in [5.74, 6) is -0.0956. The highest BCUT2D eigenvalue weighted by Gasteiger charge is 2.19. The van der Waals surface area contributed by atoms with E-state index in [1.54, 1.807) is 24.5 Å². The second kappa shape index (κ2) is 7.38. The highest BCUT2D eigenvalue weighted by atomic mass is 32.1. The Kier molecular flexibility index (Phi) is 5.51. The molecule has 0 radical (unpaired) electrons. The maximum atomic E-state index is 12.3. The van der Waals surface area contributed by atoms with Crippen molar-refractivity contribution in [3.05, 3.63) is 40.4 Å². The smallest absolute Gasteiger partial charge is 0.253 e. The molecule has 0 aliphatic carbocycles. The fourth-order valence-electron chi connectivity index (χ4n) is 2.30. The van der Waals surface area contributed by atoms with Gasteiger partial charge in [-0.3, -0.25) is 4.79 Å². The monoisotopic (exact) mass is 319 g/mol. The Morgan fingerprint density at radius 2 is 2.32 bits per heavy atom. The zero-order valence-electron chi connectivity index (χ0n) is 13.2. The van der Waals surface area contributed by atoms with Crippen LogP contribution in [0.4, 0.5) is 0 Å². The van der Waals surface area contributed by atoms with Gasteiger partial charge in [0.2, 0.25) is 0 Å². The van der Waals surface area contributed by atoms with Crippen molar-refractivity contribution < 1.29 is 9.53 Å². The van der Waals surface area contributed by atoms with Gasteiger partial charge in [0.25, 0.3) is 5.91 Å². The van der Waals surface area contributed by atoms with Crippen LogP contribution >= 0.6 is 11.3 Å². The summed E-state index contributed by atoms with van der Waals surface area (Å²) >= 11 is 1.60. The van der Waals surface area contributed by atoms with Gasteiger partial charge in [-0.15, -0.1) is 17.9 Å². The molecule has 2 aromatic rings. The highest BCUT2D eigenvalue weighted by molar-refractivity contribution is 7.09. The van der Waals surface area contributed by atoms with Crippen molar-refractivity contribution >= 4 is 17.2 Å². The summed E-state index contributed by atoms with van der Waals surface area (Å²) in [5.41, 5.74) is 3.42. The van der Waals surface area contributed by atoms with Gasteiger partial charge in [-0.1, -0.05) is 6.08 Å². The number of methoxy groups -OCH3 is 1. The average molecular weight is 319 g/mol. The summed E-state index contributed by atoms with van der Waals surface area (Å²) in [7, 11) is 1.67. The minimum absolute atomic E-state index is 0.0956. The quantitative estimate of drug-likeness (QED) is 0.798. The Balaban J connectivity index is 2.42. The molecule has 0 bridgehead atoms. The Labute approximate surface area is 134 Å². The van der Waals surface area contributed by atoms with Gasteiger partial charge in [-0.05, 0) is 19.9 Å². The molecule has 0 saturated carbocycles. The van der Waals surface area contributed by atoms with Crippen LogP contribution in [0.2, 0.25) is 0 Å². The minimum atomic E-state index is -0.0956. The van der Waals surface area contributed by atoms with E-state index in [4.69, 9.17) is 4.74 Å². The summed E-state index contributed by atoms with van der Waals surface area (Å²) in [6.07, 6.45) is 1.67. The van der Waals surface area contributed by atoms with Crippen molar-refractivity contribution in [2.24, 2.45) is 0 Å². The molecule has 0 fully saturated rings. The Morgan fingerprint density at radius 3 is 2.91 bits per heavy atom. The largest absolute Gasteiger partial charge is 0.383 e. The first-order valence-electron chi connectivity index (χ1n) is 7.09. The van der Waals surface area contributed by atoms with Gasteiger partial charge in [0.1, 0.15) is 0 Å². The van der Waals surface area contributed by atoms with Crippen LogP contribution in [0.25, 0.3) is 11.4 Å². The molecule has 0 spiro atoms. The number of nitrogens with one attached hydrogen (secondary N) is 1. The maximum Gasteiger partial charge on any atom is 0.253 e. The van der Waals surface area contributed by atoms with E-state index in [9.17, 15) is 4.79 Å². The third kappa shape index (κ3) is 3.45. The fourth-order valence-corrected chi connectivity index (χ4v) is 2.91. The predicted octanol–water partition coefficient (Wildman–Crippen LogP) is 2.79. The van der Waals surface area contributed by atoms with Crippen LogP contribution in [-0.4, -0.2) is 35.7 Å². The SMILES string of the molecule is C=CCNC(=O)c1cc(-c2csc(C)n2)n(CCOC)c1C. The number of rotatable bonds is 7. The number of carbonyl (C=O) groups is 1. The number of amides is 1. The number of aromatic nitrogens is 2. The van der Waals surface area contributed by atoms with E-state index in [1.807, 2.05) is 25.3 Å². The van der Waals surface area contributed by atoms with Crippen molar-refractivity contribution in [3.8, 4) is 11.4 Å². The van der Waals surface area contributed by atoms with Crippen LogP contribution in [0.5, 0.6) is 0 Å². The van der Waals surface area contributed by atoms with E-state index in [1.165, 1.54) is 0 Å². The number of hydrogen-bond donors (Lipinski definition) is 1. The molecule has 6 heteroatoms. The molecule has 0 aliphatic heterocycles. The van der Waals surface area contributed by atoms with E-state index in [2.05, 4.69) is 21.4 Å². The minimum Gasteiger partial charge on any atom is -0.383 e. The molecule has 5 nitrogen and oxygen atoms in total. The molecule has 0 saturated heterocycles. The summed E-state index contributed by atoms with van der Waals surface area (Å²) in [4.78, 5) is 16.8. The molecule has 2 heterocycles. The molecular weight excluding hydrogens is 298 g/mol. The molecule has 1 N–H and O–H groups in total. The van der Waals surface area contributed by atoms with E-state index in [-0.39, 0.29) is 5.91 Å². The molecule has 118 valence electrons. The lowest BCUT2D eigenvalue weighted by molar-refractivity contribution is 0.0957. The first kappa shape index (κ1) is 16.5. The van der Waals surface area contributed by atoms with Gasteiger partial charge in [-0.2, -0.15) is 0 Å². The molecule has 22 heavy (non-hydrogen) atoms. The van der Waals surface area contributed by atoms with Crippen molar-refractivity contribution in [3.63, 3.8) is 0 Å². The van der Waals surface area contributed by atoms with Crippen molar-refractivity contribution in [1.29, 1.82) is 0 Å². The number of nitrogens with zero attached hydrogens (tertiary/aromatic N) is 2. The highest BCUT2D eigenvalue weighted by Crippen LogP contribution is 2.27. The lowest BCUT2D eigenvalue weighted by Gasteiger charge is -2.10. The standard InChI is InChI=1S/C16H21N3O2S/c1-5-6-17-16(20)13-9-15(14-10-22-12(3)18-14)19(11(13)2)7-8-21-4/h5,9-10H,1,6-8H2,2-4H3,(H,17,20). The van der Waals surface area contributed by atoms with Gasteiger partial charge in [0.15, 0.2) is 0 Å². The van der Waals surface area contributed by atoms with Crippen LogP contribution in [0.3, 0.4) is 0 Å². The lowest BCUT2D eigenvalue weighted by atomic mass is 10.2. The molecule has 0 aliphatic rings. The number of aryl methyl sites for hydroxylation is 1. The van der Waals surface area contributed by atoms with E-state index < -0.39 is 0 Å². The van der Waals surface area contributed by atoms with Crippen molar-refractivity contribution in [1.82, 2.24) is 14.9 Å². The first-order valence-corrected chi connectivity index (χ1v) is 7.97. The predicted molar refractivity (Wildman–Crippen MR) is 89.4 cm³/mol. The van der Waals surface area contributed by atoms with Gasteiger partial charge < -0.3 is 14.6 Å². The van der Waals surface area contributed by atoms with Crippen molar-refractivity contribution in [2.45, 2.75) is 20.4 Å². The zero-order chi connectivity index (χ0) is 16.1. The third-order valence-electron chi connectivity index (χ3n) is 3.42. The lowest BCUT2D eigenvalue weighted by Crippen LogP contribution is -2.23. The van der Waals surface area contributed by atoms with Gasteiger partial charge in [0, 0.05) is 31.3 Å². The Hall–Kier alpha value is -1.92. The van der Waals surface area contributed by atoms with Gasteiger partial charge >= 0.3 is 0 Å². The molecule has 2 rings (SSSR count). The van der Waals surface area contributed by atoms with E-state index in [0.29, 0.717) is 25.3 Å². The molecule has 0 unspecified atom stereocenters. The number of ether oxygens (including phenoxy) is 1. The maximum absolute atomic E-state index is 12.3. The van der Waals surface area contributed by atoms with Gasteiger partial charge in [-0.25, -0.2) is 4.98 Å². The second-order valence-electron chi connectivity index (χ2n) is 4.92. The van der Waals surface area contributed by atoms with Crippen LogP contribution < -0.4 is 5.32 Å². The van der Waals surface area contributed by atoms with Crippen molar-refractivity contribution in [2.75, 3.05) is 20.3 Å². The van der Waals surface area contributed by atoms with Crippen LogP contribution in [0.15, 0.2) is 24.1 Å². The zero-order valence-corrected chi connectivity index (χ0v) is 14.0. The van der Waals surface area contributed by atoms with E-state index >= 15 is 0 Å². The molecule has 1 amide bonds. The van der Waals surface area contributed by atoms with E-state index in [0.717, 1.165) is 22.1 Å². The molecule has 2 aromatic heterocycles. The average Bonchev–Trinajstić information content (AvgIpc) is 3.06.